The third-order valence-electron chi connectivity index (χ3n) is 9.04. The maximum atomic E-state index is 13.0. The summed E-state index contributed by atoms with van der Waals surface area (Å²) < 4.78 is 24.7. The first-order valence-corrected chi connectivity index (χ1v) is 13.6. The lowest BCUT2D eigenvalue weighted by Crippen LogP contribution is -2.65. The third kappa shape index (κ3) is 3.57. The van der Waals surface area contributed by atoms with Gasteiger partial charge in [-0.2, -0.15) is 0 Å². The molecule has 34 heavy (non-hydrogen) atoms. The van der Waals surface area contributed by atoms with Crippen molar-refractivity contribution in [3.05, 3.63) is 29.2 Å². The van der Waals surface area contributed by atoms with Gasteiger partial charge in [0.05, 0.1) is 11.7 Å². The molecule has 0 radical (unpaired) electrons. The van der Waals surface area contributed by atoms with Gasteiger partial charge in [-0.25, -0.2) is 4.79 Å². The lowest BCUT2D eigenvalue weighted by molar-refractivity contribution is -0.199. The predicted molar refractivity (Wildman–Crippen MR) is 134 cm³/mol. The van der Waals surface area contributed by atoms with Crippen LogP contribution in [0.5, 0.6) is 5.75 Å². The van der Waals surface area contributed by atoms with Gasteiger partial charge in [0.15, 0.2) is 0 Å². The number of cyclic esters (lactones) is 1. The molecule has 0 spiro atoms. The van der Waals surface area contributed by atoms with E-state index in [0.29, 0.717) is 27.9 Å². The highest BCUT2D eigenvalue weighted by molar-refractivity contribution is 8.00. The second-order valence-electron chi connectivity index (χ2n) is 12.1. The van der Waals surface area contributed by atoms with E-state index in [1.165, 1.54) is 19.3 Å². The van der Waals surface area contributed by atoms with Gasteiger partial charge in [-0.1, -0.05) is 38.9 Å². The number of hydrogen-bond acceptors (Lipinski definition) is 6. The lowest BCUT2D eigenvalue weighted by atomic mass is 9.43. The number of fused-ring (bicyclic) bond motifs is 1. The SMILES string of the molecule is CC(Sc1ccc(/C=C/B2O[C@H]3C[C@H]4C[C@H](C4(C)C)[C@]3(C)O2)c2c1C(=O)OC(C)(C)O2)C1CC1. The minimum atomic E-state index is -1.01. The van der Waals surface area contributed by atoms with Gasteiger partial charge in [0.25, 0.3) is 0 Å². The largest absolute Gasteiger partial charge is 0.486 e. The molecule has 4 saturated carbocycles. The van der Waals surface area contributed by atoms with Crippen LogP contribution in [0.1, 0.15) is 83.1 Å². The van der Waals surface area contributed by atoms with Gasteiger partial charge in [0.1, 0.15) is 11.3 Å². The molecular formula is C27H35BO5S. The van der Waals surface area contributed by atoms with Gasteiger partial charge >= 0.3 is 13.1 Å². The van der Waals surface area contributed by atoms with E-state index in [4.69, 9.17) is 18.8 Å². The van der Waals surface area contributed by atoms with Gasteiger partial charge in [-0.05, 0) is 61.8 Å². The van der Waals surface area contributed by atoms with E-state index in [9.17, 15) is 4.79 Å². The summed E-state index contributed by atoms with van der Waals surface area (Å²) in [6.45, 7) is 12.8. The molecule has 5 fully saturated rings. The van der Waals surface area contributed by atoms with Crippen LogP contribution in [0.25, 0.3) is 6.08 Å². The third-order valence-corrected chi connectivity index (χ3v) is 10.4. The quantitative estimate of drug-likeness (QED) is 0.285. The van der Waals surface area contributed by atoms with E-state index in [1.54, 1.807) is 25.6 Å². The van der Waals surface area contributed by atoms with Crippen molar-refractivity contribution in [2.24, 2.45) is 23.2 Å². The van der Waals surface area contributed by atoms with Gasteiger partial charge in [-0.15, -0.1) is 11.8 Å². The summed E-state index contributed by atoms with van der Waals surface area (Å²) in [6, 6.07) is 4.06. The standard InChI is InChI=1S/C27H35BO5S/c1-15(16-7-8-16)34-19-10-9-17(23-22(19)24(29)31-26(4,5)30-23)11-12-28-32-21-14-18-13-20(25(18,2)3)27(21,6)33-28/h9-12,15-16,18,20-21H,7-8,13-14H2,1-6H3/b12-11+/t15?,18-,20-,21+,27+/m1/s1. The minimum absolute atomic E-state index is 0.140. The number of rotatable bonds is 5. The molecule has 5 atom stereocenters. The first kappa shape index (κ1) is 23.0. The molecule has 2 bridgehead atoms. The number of carbonyl (C=O) groups is 1. The molecule has 1 aromatic rings. The molecule has 1 unspecified atom stereocenters. The maximum Gasteiger partial charge on any atom is 0.486 e. The molecule has 5 nitrogen and oxygen atoms in total. The molecule has 0 amide bonds. The molecule has 1 aromatic carbocycles. The second kappa shape index (κ2) is 7.53. The van der Waals surface area contributed by atoms with Gasteiger partial charge in [-0.3, -0.25) is 0 Å². The van der Waals surface area contributed by atoms with Crippen molar-refractivity contribution in [2.75, 3.05) is 0 Å². The average Bonchev–Trinajstić information content (AvgIpc) is 3.53. The highest BCUT2D eigenvalue weighted by atomic mass is 32.2. The van der Waals surface area contributed by atoms with Crippen LogP contribution in [0.4, 0.5) is 0 Å². The zero-order chi connectivity index (χ0) is 24.0. The smallest absolute Gasteiger partial charge is 0.451 e. The topological polar surface area (TPSA) is 54.0 Å². The summed E-state index contributed by atoms with van der Waals surface area (Å²) in [6.07, 6.45) is 6.95. The van der Waals surface area contributed by atoms with Gasteiger partial charge in [0, 0.05) is 29.6 Å². The Bertz CT molecular complexity index is 1060. The molecule has 6 aliphatic rings. The Labute approximate surface area is 207 Å². The van der Waals surface area contributed by atoms with E-state index in [1.807, 2.05) is 24.2 Å². The summed E-state index contributed by atoms with van der Waals surface area (Å²) in [5.74, 6) is 3.22. The fourth-order valence-corrected chi connectivity index (χ4v) is 7.98. The van der Waals surface area contributed by atoms with Crippen molar-refractivity contribution < 1.29 is 23.6 Å². The molecule has 0 N–H and O–H groups in total. The number of carbonyl (C=O) groups excluding carboxylic acids is 1. The normalized spacial score (nSPS) is 35.8. The van der Waals surface area contributed by atoms with Crippen LogP contribution in [0.3, 0.4) is 0 Å². The highest BCUT2D eigenvalue weighted by Gasteiger charge is 2.67. The number of hydrogen-bond donors (Lipinski definition) is 0. The summed E-state index contributed by atoms with van der Waals surface area (Å²) in [4.78, 5) is 14.0. The van der Waals surface area contributed by atoms with E-state index in [2.05, 4.69) is 27.7 Å². The number of ether oxygens (including phenoxy) is 2. The first-order valence-electron chi connectivity index (χ1n) is 12.8. The van der Waals surface area contributed by atoms with E-state index >= 15 is 0 Å². The van der Waals surface area contributed by atoms with Crippen LogP contribution < -0.4 is 4.74 Å². The van der Waals surface area contributed by atoms with Crippen LogP contribution in [-0.2, 0) is 14.0 Å². The molecule has 7 rings (SSSR count). The van der Waals surface area contributed by atoms with Crippen molar-refractivity contribution in [1.82, 2.24) is 0 Å². The Hall–Kier alpha value is -1.44. The van der Waals surface area contributed by atoms with Crippen LogP contribution in [0, 0.1) is 23.2 Å². The van der Waals surface area contributed by atoms with E-state index < -0.39 is 12.9 Å². The Morgan fingerprint density at radius 3 is 2.59 bits per heavy atom. The van der Waals surface area contributed by atoms with Crippen LogP contribution >= 0.6 is 11.8 Å². The molecule has 2 heterocycles. The van der Waals surface area contributed by atoms with Crippen molar-refractivity contribution in [3.8, 4) is 5.75 Å². The molecule has 0 aromatic heterocycles. The fourth-order valence-electron chi connectivity index (χ4n) is 6.68. The summed E-state index contributed by atoms with van der Waals surface area (Å²) in [5.41, 5.74) is 1.46. The van der Waals surface area contributed by atoms with Crippen LogP contribution in [0.15, 0.2) is 23.0 Å². The van der Waals surface area contributed by atoms with Crippen LogP contribution in [-0.4, -0.2) is 35.8 Å². The monoisotopic (exact) mass is 482 g/mol. The maximum absolute atomic E-state index is 13.0. The molecule has 2 aliphatic heterocycles. The summed E-state index contributed by atoms with van der Waals surface area (Å²) in [5, 5.41) is 0.466. The van der Waals surface area contributed by atoms with Crippen molar-refractivity contribution >= 4 is 30.9 Å². The average molecular weight is 482 g/mol. The zero-order valence-electron chi connectivity index (χ0n) is 21.1. The Kier molecular flexibility index (Phi) is 5.09. The molecule has 182 valence electrons. The Balaban J connectivity index is 1.27. The molecular weight excluding hydrogens is 447 g/mol. The van der Waals surface area contributed by atoms with Crippen molar-refractivity contribution in [2.45, 2.75) is 94.9 Å². The van der Waals surface area contributed by atoms with E-state index in [0.717, 1.165) is 28.7 Å². The highest BCUT2D eigenvalue weighted by Crippen LogP contribution is 2.65. The molecule has 1 saturated heterocycles. The van der Waals surface area contributed by atoms with E-state index in [-0.39, 0.29) is 17.7 Å². The minimum Gasteiger partial charge on any atom is -0.451 e. The second-order valence-corrected chi connectivity index (χ2v) is 13.5. The van der Waals surface area contributed by atoms with Gasteiger partial charge in [0.2, 0.25) is 5.79 Å². The van der Waals surface area contributed by atoms with Crippen molar-refractivity contribution in [3.63, 3.8) is 0 Å². The number of esters is 1. The zero-order valence-corrected chi connectivity index (χ0v) is 21.9. The fraction of sp³-hybridized carbons (Fsp3) is 0.667. The number of thioether (sulfide) groups is 1. The summed E-state index contributed by atoms with van der Waals surface area (Å²) in [7, 11) is -0.395. The number of benzene rings is 1. The molecule has 4 aliphatic carbocycles. The van der Waals surface area contributed by atoms with Gasteiger partial charge < -0.3 is 18.8 Å². The first-order chi connectivity index (χ1) is 16.0. The predicted octanol–water partition coefficient (Wildman–Crippen LogP) is 6.14. The van der Waals surface area contributed by atoms with Crippen molar-refractivity contribution in [1.29, 1.82) is 0 Å². The van der Waals surface area contributed by atoms with Crippen LogP contribution in [0.2, 0.25) is 0 Å². The Morgan fingerprint density at radius 2 is 1.88 bits per heavy atom. The summed E-state index contributed by atoms with van der Waals surface area (Å²) >= 11 is 1.75. The Morgan fingerprint density at radius 1 is 1.12 bits per heavy atom. The lowest BCUT2D eigenvalue weighted by Gasteiger charge is -2.64. The molecule has 7 heteroatoms.